The van der Waals surface area contributed by atoms with Crippen LogP contribution in [0, 0.1) is 5.92 Å². The molecule has 5 nitrogen and oxygen atoms in total. The van der Waals surface area contributed by atoms with Gasteiger partial charge in [0, 0.05) is 43.5 Å². The van der Waals surface area contributed by atoms with Crippen LogP contribution in [0.4, 0.5) is 0 Å². The lowest BCUT2D eigenvalue weighted by molar-refractivity contribution is -0.123. The minimum Gasteiger partial charge on any atom is -0.353 e. The minimum atomic E-state index is 0.0972. The lowest BCUT2D eigenvalue weighted by Crippen LogP contribution is -2.40. The summed E-state index contributed by atoms with van der Waals surface area (Å²) in [5, 5.41) is 3.09. The summed E-state index contributed by atoms with van der Waals surface area (Å²) in [7, 11) is 0. The van der Waals surface area contributed by atoms with Gasteiger partial charge in [0.05, 0.1) is 5.69 Å². The van der Waals surface area contributed by atoms with E-state index in [-0.39, 0.29) is 11.9 Å². The maximum atomic E-state index is 12.2. The Morgan fingerprint density at radius 1 is 1.32 bits per heavy atom. The topological polar surface area (TPSA) is 58.1 Å². The van der Waals surface area contributed by atoms with Crippen LogP contribution in [-0.4, -0.2) is 45.9 Å². The molecular weight excluding hydrogens is 276 g/mol. The molecule has 1 N–H and O–H groups in total. The van der Waals surface area contributed by atoms with E-state index in [0.29, 0.717) is 18.4 Å². The summed E-state index contributed by atoms with van der Waals surface area (Å²) in [6.45, 7) is 8.73. The Balaban J connectivity index is 1.69. The molecule has 1 aromatic heterocycles. The van der Waals surface area contributed by atoms with Crippen molar-refractivity contribution in [1.29, 1.82) is 0 Å². The summed E-state index contributed by atoms with van der Waals surface area (Å²) in [5.74, 6) is 0.693. The molecule has 1 saturated heterocycles. The number of likely N-dealkylation sites (tertiary alicyclic amines) is 1. The van der Waals surface area contributed by atoms with E-state index in [0.717, 1.165) is 38.0 Å². The van der Waals surface area contributed by atoms with Crippen LogP contribution in [0.15, 0.2) is 18.6 Å². The predicted molar refractivity (Wildman–Crippen MR) is 87.4 cm³/mol. The van der Waals surface area contributed by atoms with Crippen LogP contribution in [0.2, 0.25) is 0 Å². The van der Waals surface area contributed by atoms with Gasteiger partial charge in [0.25, 0.3) is 0 Å². The molecule has 0 spiro atoms. The molecule has 0 bridgehead atoms. The van der Waals surface area contributed by atoms with Crippen LogP contribution in [0.25, 0.3) is 0 Å². The highest BCUT2D eigenvalue weighted by Crippen LogP contribution is 2.21. The average Bonchev–Trinajstić information content (AvgIpc) is 2.48. The lowest BCUT2D eigenvalue weighted by atomic mass is 9.92. The maximum Gasteiger partial charge on any atom is 0.220 e. The zero-order valence-electron chi connectivity index (χ0n) is 14.0. The highest BCUT2D eigenvalue weighted by molar-refractivity contribution is 5.76. The van der Waals surface area contributed by atoms with Gasteiger partial charge in [0.15, 0.2) is 0 Å². The van der Waals surface area contributed by atoms with Gasteiger partial charge in [-0.25, -0.2) is 0 Å². The third-order valence-electron chi connectivity index (χ3n) is 4.39. The molecule has 0 saturated carbocycles. The summed E-state index contributed by atoms with van der Waals surface area (Å²) in [4.78, 5) is 23.0. The van der Waals surface area contributed by atoms with Gasteiger partial charge < -0.3 is 10.2 Å². The number of carbonyl (C=O) groups is 1. The van der Waals surface area contributed by atoms with Crippen molar-refractivity contribution in [3.05, 3.63) is 24.3 Å². The Bertz CT molecular complexity index is 455. The molecule has 5 heteroatoms. The minimum absolute atomic E-state index is 0.0972. The van der Waals surface area contributed by atoms with Gasteiger partial charge >= 0.3 is 0 Å². The SMILES string of the molecule is CC(Cc1cnccn1)NC(=O)CC1CCN(C(C)C)CC1. The standard InChI is InChI=1S/C17H28N4O/c1-13(2)21-8-4-15(5-9-21)11-17(22)20-14(3)10-16-12-18-6-7-19-16/h6-7,12-15H,4-5,8-11H2,1-3H3,(H,20,22). The number of aromatic nitrogens is 2. The first-order chi connectivity index (χ1) is 10.5. The van der Waals surface area contributed by atoms with E-state index in [2.05, 4.69) is 34.0 Å². The first-order valence-corrected chi connectivity index (χ1v) is 8.33. The Morgan fingerprint density at radius 3 is 2.64 bits per heavy atom. The Hall–Kier alpha value is -1.49. The zero-order chi connectivity index (χ0) is 15.9. The van der Waals surface area contributed by atoms with Gasteiger partial charge in [-0.05, 0) is 52.6 Å². The van der Waals surface area contributed by atoms with E-state index in [4.69, 9.17) is 0 Å². The van der Waals surface area contributed by atoms with Gasteiger partial charge in [0.2, 0.25) is 5.91 Å². The van der Waals surface area contributed by atoms with Crippen LogP contribution >= 0.6 is 0 Å². The first-order valence-electron chi connectivity index (χ1n) is 8.33. The van der Waals surface area contributed by atoms with Crippen molar-refractivity contribution in [2.75, 3.05) is 13.1 Å². The van der Waals surface area contributed by atoms with Gasteiger partial charge in [-0.1, -0.05) is 0 Å². The van der Waals surface area contributed by atoms with Crippen molar-refractivity contribution in [2.24, 2.45) is 5.92 Å². The molecule has 22 heavy (non-hydrogen) atoms. The second-order valence-electron chi connectivity index (χ2n) is 6.65. The largest absolute Gasteiger partial charge is 0.353 e. The monoisotopic (exact) mass is 304 g/mol. The van der Waals surface area contributed by atoms with Gasteiger partial charge in [-0.3, -0.25) is 14.8 Å². The molecule has 2 rings (SSSR count). The normalized spacial score (nSPS) is 18.4. The first kappa shape index (κ1) is 16.9. The second-order valence-corrected chi connectivity index (χ2v) is 6.65. The van der Waals surface area contributed by atoms with E-state index >= 15 is 0 Å². The number of piperidine rings is 1. The molecule has 1 aliphatic heterocycles. The van der Waals surface area contributed by atoms with Crippen LogP contribution in [0.5, 0.6) is 0 Å². The highest BCUT2D eigenvalue weighted by Gasteiger charge is 2.23. The van der Waals surface area contributed by atoms with Gasteiger partial charge in [0.1, 0.15) is 0 Å². The number of rotatable bonds is 6. The van der Waals surface area contributed by atoms with Crippen molar-refractivity contribution < 1.29 is 4.79 Å². The number of nitrogens with one attached hydrogen (secondary N) is 1. The molecule has 122 valence electrons. The van der Waals surface area contributed by atoms with Crippen molar-refractivity contribution in [2.45, 2.75) is 58.5 Å². The summed E-state index contributed by atoms with van der Waals surface area (Å²) >= 11 is 0. The fourth-order valence-electron chi connectivity index (χ4n) is 3.07. The van der Waals surface area contributed by atoms with Crippen LogP contribution in [-0.2, 0) is 11.2 Å². The number of amides is 1. The highest BCUT2D eigenvalue weighted by atomic mass is 16.1. The fourth-order valence-corrected chi connectivity index (χ4v) is 3.07. The smallest absolute Gasteiger partial charge is 0.220 e. The molecule has 0 aromatic carbocycles. The third-order valence-corrected chi connectivity index (χ3v) is 4.39. The molecule has 1 aliphatic rings. The van der Waals surface area contributed by atoms with E-state index in [9.17, 15) is 4.79 Å². The van der Waals surface area contributed by atoms with E-state index < -0.39 is 0 Å². The molecule has 2 heterocycles. The Labute approximate surface area is 133 Å². The number of hydrogen-bond acceptors (Lipinski definition) is 4. The lowest BCUT2D eigenvalue weighted by Gasteiger charge is -2.34. The molecule has 0 aliphatic carbocycles. The second kappa shape index (κ2) is 8.22. The molecule has 0 radical (unpaired) electrons. The summed E-state index contributed by atoms with van der Waals surface area (Å²) < 4.78 is 0. The fraction of sp³-hybridized carbons (Fsp3) is 0.706. The number of hydrogen-bond donors (Lipinski definition) is 1. The van der Waals surface area contributed by atoms with Crippen LogP contribution in [0.3, 0.4) is 0 Å². The van der Waals surface area contributed by atoms with E-state index in [1.807, 2.05) is 6.92 Å². The van der Waals surface area contributed by atoms with E-state index in [1.54, 1.807) is 18.6 Å². The Morgan fingerprint density at radius 2 is 2.05 bits per heavy atom. The number of nitrogens with zero attached hydrogens (tertiary/aromatic N) is 3. The summed E-state index contributed by atoms with van der Waals surface area (Å²) in [6.07, 6.45) is 8.74. The summed E-state index contributed by atoms with van der Waals surface area (Å²) in [6, 6.07) is 0.710. The quantitative estimate of drug-likeness (QED) is 0.874. The predicted octanol–water partition coefficient (Wildman–Crippen LogP) is 2.03. The molecule has 1 unspecified atom stereocenters. The molecule has 1 amide bonds. The van der Waals surface area contributed by atoms with Crippen LogP contribution in [0.1, 0.15) is 45.7 Å². The zero-order valence-corrected chi connectivity index (χ0v) is 14.0. The Kier molecular flexibility index (Phi) is 6.31. The van der Waals surface area contributed by atoms with E-state index in [1.165, 1.54) is 0 Å². The van der Waals surface area contributed by atoms with Gasteiger partial charge in [-0.15, -0.1) is 0 Å². The maximum absolute atomic E-state index is 12.2. The molecule has 1 aromatic rings. The van der Waals surface area contributed by atoms with Crippen LogP contribution < -0.4 is 5.32 Å². The molecular formula is C17H28N4O. The molecule has 1 atom stereocenters. The van der Waals surface area contributed by atoms with Crippen molar-refractivity contribution >= 4 is 5.91 Å². The van der Waals surface area contributed by atoms with Crippen molar-refractivity contribution in [3.63, 3.8) is 0 Å². The van der Waals surface area contributed by atoms with Gasteiger partial charge in [-0.2, -0.15) is 0 Å². The molecule has 1 fully saturated rings. The summed E-state index contributed by atoms with van der Waals surface area (Å²) in [5.41, 5.74) is 0.917. The van der Waals surface area contributed by atoms with Crippen molar-refractivity contribution in [3.8, 4) is 0 Å². The number of carbonyl (C=O) groups excluding carboxylic acids is 1. The third kappa shape index (κ3) is 5.37. The average molecular weight is 304 g/mol. The van der Waals surface area contributed by atoms with Crippen molar-refractivity contribution in [1.82, 2.24) is 20.2 Å².